The first-order valence-corrected chi connectivity index (χ1v) is 7.57. The summed E-state index contributed by atoms with van der Waals surface area (Å²) in [5.74, 6) is 0. The number of aromatic nitrogens is 2. The van der Waals surface area contributed by atoms with Gasteiger partial charge in [0.25, 0.3) is 11.2 Å². The summed E-state index contributed by atoms with van der Waals surface area (Å²) < 4.78 is 6.22. The van der Waals surface area contributed by atoms with E-state index in [1.807, 2.05) is 4.98 Å². The fourth-order valence-corrected chi connectivity index (χ4v) is 2.99. The van der Waals surface area contributed by atoms with E-state index in [-0.39, 0.29) is 22.3 Å². The van der Waals surface area contributed by atoms with Gasteiger partial charge in [-0.05, 0) is 6.07 Å². The maximum atomic E-state index is 12.3. The summed E-state index contributed by atoms with van der Waals surface area (Å²) in [5.41, 5.74) is -2.17. The number of aromatic amines is 1. The fraction of sp³-hybridized carbons (Fsp3) is 0.429. The van der Waals surface area contributed by atoms with Crippen molar-refractivity contribution >= 4 is 22.3 Å². The number of hydrogen-bond donors (Lipinski definition) is 5. The highest BCUT2D eigenvalue weighted by atomic mass is 16.6. The van der Waals surface area contributed by atoms with Crippen LogP contribution < -0.4 is 16.6 Å². The van der Waals surface area contributed by atoms with Crippen molar-refractivity contribution in [2.75, 3.05) is 19.0 Å². The predicted molar refractivity (Wildman–Crippen MR) is 88.0 cm³/mol. The van der Waals surface area contributed by atoms with E-state index in [0.717, 1.165) is 10.6 Å². The molecule has 4 unspecified atom stereocenters. The van der Waals surface area contributed by atoms with Crippen molar-refractivity contribution in [2.24, 2.45) is 0 Å². The van der Waals surface area contributed by atoms with Crippen LogP contribution in [0.15, 0.2) is 21.7 Å². The molecule has 0 saturated carbocycles. The Balaban J connectivity index is 2.31. The van der Waals surface area contributed by atoms with Crippen LogP contribution in [0.1, 0.15) is 6.23 Å². The van der Waals surface area contributed by atoms with Crippen LogP contribution in [0.3, 0.4) is 0 Å². The molecule has 2 heterocycles. The van der Waals surface area contributed by atoms with Gasteiger partial charge in [-0.3, -0.25) is 24.5 Å². The summed E-state index contributed by atoms with van der Waals surface area (Å²) in [7, 11) is 1.43. The van der Waals surface area contributed by atoms with E-state index in [1.165, 1.54) is 13.1 Å². The van der Waals surface area contributed by atoms with Crippen LogP contribution in [0.5, 0.6) is 0 Å². The molecule has 3 rings (SSSR count). The van der Waals surface area contributed by atoms with E-state index in [0.29, 0.717) is 0 Å². The van der Waals surface area contributed by atoms with Crippen LogP contribution in [0, 0.1) is 10.1 Å². The summed E-state index contributed by atoms with van der Waals surface area (Å²) in [6.07, 6.45) is -5.56. The number of rotatable bonds is 4. The van der Waals surface area contributed by atoms with Crippen molar-refractivity contribution in [2.45, 2.75) is 24.5 Å². The van der Waals surface area contributed by atoms with Gasteiger partial charge in [-0.15, -0.1) is 0 Å². The second kappa shape index (κ2) is 6.49. The zero-order chi connectivity index (χ0) is 19.2. The lowest BCUT2D eigenvalue weighted by Crippen LogP contribution is -2.38. The molecule has 0 amide bonds. The highest BCUT2D eigenvalue weighted by molar-refractivity contribution is 5.87. The second-order valence-electron chi connectivity index (χ2n) is 5.75. The Morgan fingerprint density at radius 3 is 2.58 bits per heavy atom. The average molecular weight is 368 g/mol. The number of H-pyrrole nitrogens is 1. The molecule has 1 aliphatic heterocycles. The van der Waals surface area contributed by atoms with Gasteiger partial charge < -0.3 is 25.4 Å². The van der Waals surface area contributed by atoms with Crippen LogP contribution in [-0.4, -0.2) is 61.8 Å². The molecule has 26 heavy (non-hydrogen) atoms. The minimum Gasteiger partial charge on any atom is -0.394 e. The first-order valence-electron chi connectivity index (χ1n) is 7.57. The van der Waals surface area contributed by atoms with Crippen LogP contribution in [0.25, 0.3) is 10.9 Å². The van der Waals surface area contributed by atoms with Gasteiger partial charge in [0.2, 0.25) is 0 Å². The van der Waals surface area contributed by atoms with E-state index in [1.54, 1.807) is 0 Å². The van der Waals surface area contributed by atoms with Gasteiger partial charge in [0, 0.05) is 13.1 Å². The summed E-state index contributed by atoms with van der Waals surface area (Å²) in [4.78, 5) is 36.9. The standard InChI is InChI=1S/C14H16N4O8/c1-15-6-3-7-5(2-8(6)18(24)25)12(22)16-14(23)17(7)13-11(21)10(20)9(4-19)26-13/h2-3,9-11,13,15,19-21H,4H2,1H3,(H,16,22,23). The number of anilines is 1. The number of aliphatic hydroxyl groups excluding tert-OH is 3. The Hall–Kier alpha value is -2.80. The molecule has 0 spiro atoms. The van der Waals surface area contributed by atoms with Gasteiger partial charge in [0.05, 0.1) is 22.4 Å². The molecule has 5 N–H and O–H groups in total. The number of aliphatic hydroxyl groups is 3. The molecular formula is C14H16N4O8. The van der Waals surface area contributed by atoms with Crippen LogP contribution in [-0.2, 0) is 4.74 Å². The minimum atomic E-state index is -1.56. The highest BCUT2D eigenvalue weighted by Gasteiger charge is 2.44. The quantitative estimate of drug-likeness (QED) is 0.309. The maximum Gasteiger partial charge on any atom is 0.331 e. The molecule has 140 valence electrons. The van der Waals surface area contributed by atoms with Gasteiger partial charge in [-0.1, -0.05) is 0 Å². The van der Waals surface area contributed by atoms with E-state index in [4.69, 9.17) is 4.74 Å². The zero-order valence-electron chi connectivity index (χ0n) is 13.4. The number of nitro benzene ring substituents is 1. The first kappa shape index (κ1) is 18.0. The molecule has 1 aromatic heterocycles. The zero-order valence-corrected chi connectivity index (χ0v) is 13.4. The number of hydrogen-bond acceptors (Lipinski definition) is 9. The lowest BCUT2D eigenvalue weighted by Gasteiger charge is -2.19. The van der Waals surface area contributed by atoms with Gasteiger partial charge in [-0.25, -0.2) is 4.79 Å². The molecule has 2 aromatic rings. The maximum absolute atomic E-state index is 12.3. The molecule has 12 nitrogen and oxygen atoms in total. The molecule has 1 fully saturated rings. The molecule has 1 aromatic carbocycles. The van der Waals surface area contributed by atoms with E-state index >= 15 is 0 Å². The third kappa shape index (κ3) is 2.64. The smallest absolute Gasteiger partial charge is 0.331 e. The molecular weight excluding hydrogens is 352 g/mol. The number of nitro groups is 1. The first-order chi connectivity index (χ1) is 12.3. The van der Waals surface area contributed by atoms with Gasteiger partial charge in [0.1, 0.15) is 24.0 Å². The normalized spacial score (nSPS) is 25.5. The van der Waals surface area contributed by atoms with Crippen molar-refractivity contribution in [3.8, 4) is 0 Å². The summed E-state index contributed by atoms with van der Waals surface area (Å²) in [6.45, 7) is -0.599. The molecule has 4 atom stereocenters. The summed E-state index contributed by atoms with van der Waals surface area (Å²) >= 11 is 0. The molecule has 12 heteroatoms. The van der Waals surface area contributed by atoms with Crippen molar-refractivity contribution in [1.82, 2.24) is 9.55 Å². The Morgan fingerprint density at radius 2 is 2.04 bits per heavy atom. The number of benzene rings is 1. The van der Waals surface area contributed by atoms with Gasteiger partial charge >= 0.3 is 5.69 Å². The van der Waals surface area contributed by atoms with E-state index in [2.05, 4.69) is 5.32 Å². The predicted octanol–water partition coefficient (Wildman–Crippen LogP) is -1.75. The number of ether oxygens (including phenoxy) is 1. The molecule has 0 radical (unpaired) electrons. The molecule has 0 aliphatic carbocycles. The average Bonchev–Trinajstić information content (AvgIpc) is 2.88. The van der Waals surface area contributed by atoms with E-state index < -0.39 is 47.3 Å². The SMILES string of the molecule is CNc1cc2c(cc1[N+](=O)[O-])c(=O)[nH]c(=O)n2C1OC(CO)C(O)C1O. The number of nitrogens with zero attached hydrogens (tertiary/aromatic N) is 2. The monoisotopic (exact) mass is 368 g/mol. The minimum absolute atomic E-state index is 0.0352. The van der Waals surface area contributed by atoms with Crippen molar-refractivity contribution < 1.29 is 25.0 Å². The summed E-state index contributed by atoms with van der Waals surface area (Å²) in [6, 6.07) is 2.20. The van der Waals surface area contributed by atoms with Crippen molar-refractivity contribution in [3.05, 3.63) is 43.1 Å². The van der Waals surface area contributed by atoms with Crippen LogP contribution in [0.4, 0.5) is 11.4 Å². The second-order valence-corrected chi connectivity index (χ2v) is 5.75. The van der Waals surface area contributed by atoms with Crippen LogP contribution in [0.2, 0.25) is 0 Å². The van der Waals surface area contributed by atoms with Gasteiger partial charge in [-0.2, -0.15) is 0 Å². The molecule has 1 saturated heterocycles. The Bertz CT molecular complexity index is 983. The lowest BCUT2D eigenvalue weighted by atomic mass is 10.1. The highest BCUT2D eigenvalue weighted by Crippen LogP contribution is 2.33. The van der Waals surface area contributed by atoms with Crippen molar-refractivity contribution in [3.63, 3.8) is 0 Å². The fourth-order valence-electron chi connectivity index (χ4n) is 2.99. The Labute approximate surface area is 144 Å². The number of fused-ring (bicyclic) bond motifs is 1. The van der Waals surface area contributed by atoms with E-state index in [9.17, 15) is 35.0 Å². The van der Waals surface area contributed by atoms with Gasteiger partial charge in [0.15, 0.2) is 6.23 Å². The Morgan fingerprint density at radius 1 is 1.35 bits per heavy atom. The third-order valence-electron chi connectivity index (χ3n) is 4.30. The molecule has 1 aliphatic rings. The topological polar surface area (TPSA) is 180 Å². The Kier molecular flexibility index (Phi) is 4.50. The largest absolute Gasteiger partial charge is 0.394 e. The molecule has 0 bridgehead atoms. The number of nitrogens with one attached hydrogen (secondary N) is 2. The van der Waals surface area contributed by atoms with Crippen molar-refractivity contribution in [1.29, 1.82) is 0 Å². The lowest BCUT2D eigenvalue weighted by molar-refractivity contribution is -0.383. The van der Waals surface area contributed by atoms with Crippen LogP contribution >= 0.6 is 0 Å². The third-order valence-corrected chi connectivity index (χ3v) is 4.30. The summed E-state index contributed by atoms with van der Waals surface area (Å²) in [5, 5.41) is 42.9.